The van der Waals surface area contributed by atoms with Crippen molar-refractivity contribution in [1.82, 2.24) is 10.2 Å². The van der Waals surface area contributed by atoms with Crippen LogP contribution in [0, 0.1) is 0 Å². The van der Waals surface area contributed by atoms with Crippen molar-refractivity contribution in [2.75, 3.05) is 42.6 Å². The molecule has 1 N–H and O–H groups in total. The Hall–Kier alpha value is -1.31. The Morgan fingerprint density at radius 2 is 1.92 bits per heavy atom. The third-order valence-electron chi connectivity index (χ3n) is 5.01. The predicted octanol–water partition coefficient (Wildman–Crippen LogP) is 1.15. The molecule has 6 nitrogen and oxygen atoms in total. The van der Waals surface area contributed by atoms with Crippen LogP contribution in [0.15, 0.2) is 24.3 Å². The van der Waals surface area contributed by atoms with E-state index in [9.17, 15) is 13.2 Å². The Balaban J connectivity index is 1.52. The zero-order valence-electron chi connectivity index (χ0n) is 14.3. The minimum Gasteiger partial charge on any atom is -0.368 e. The van der Waals surface area contributed by atoms with E-state index < -0.39 is 9.84 Å². The lowest BCUT2D eigenvalue weighted by molar-refractivity contribution is -0.126. The van der Waals surface area contributed by atoms with E-state index in [1.165, 1.54) is 0 Å². The Morgan fingerprint density at radius 1 is 1.24 bits per heavy atom. The number of nitrogens with one attached hydrogen (secondary N) is 1. The summed E-state index contributed by atoms with van der Waals surface area (Å²) in [6, 6.07) is 7.27. The average molecular weight is 386 g/mol. The summed E-state index contributed by atoms with van der Waals surface area (Å²) in [7, 11) is -2.98. The van der Waals surface area contributed by atoms with Crippen molar-refractivity contribution < 1.29 is 13.2 Å². The van der Waals surface area contributed by atoms with E-state index in [1.54, 1.807) is 0 Å². The second-order valence-electron chi connectivity index (χ2n) is 6.76. The maximum absolute atomic E-state index is 12.4. The number of anilines is 1. The molecule has 138 valence electrons. The minimum atomic E-state index is -2.98. The number of amides is 1. The van der Waals surface area contributed by atoms with E-state index in [-0.39, 0.29) is 29.5 Å². The highest BCUT2D eigenvalue weighted by Crippen LogP contribution is 2.26. The first-order valence-electron chi connectivity index (χ1n) is 8.60. The molecule has 1 aromatic rings. The van der Waals surface area contributed by atoms with Gasteiger partial charge in [0.05, 0.1) is 28.3 Å². The Kier molecular flexibility index (Phi) is 5.55. The molecule has 0 bridgehead atoms. The van der Waals surface area contributed by atoms with Crippen molar-refractivity contribution in [2.45, 2.75) is 25.4 Å². The van der Waals surface area contributed by atoms with Gasteiger partial charge < -0.3 is 10.2 Å². The highest BCUT2D eigenvalue weighted by Gasteiger charge is 2.32. The fourth-order valence-corrected chi connectivity index (χ4v) is 5.38. The molecular formula is C17H24ClN3O3S. The number of hydrogen-bond donors (Lipinski definition) is 1. The third-order valence-corrected chi connectivity index (χ3v) is 7.10. The largest absolute Gasteiger partial charge is 0.368 e. The number of para-hydroxylation sites is 1. The SMILES string of the molecule is C[C@H](C(=O)N[C@H]1CCS(=O)(=O)C1)N1CCN(c2ccccc2Cl)CC1. The van der Waals surface area contributed by atoms with Gasteiger partial charge in [-0.25, -0.2) is 8.42 Å². The molecule has 2 heterocycles. The van der Waals surface area contributed by atoms with Crippen LogP contribution >= 0.6 is 11.6 Å². The van der Waals surface area contributed by atoms with Gasteiger partial charge in [0.25, 0.3) is 0 Å². The maximum atomic E-state index is 12.4. The molecular weight excluding hydrogens is 362 g/mol. The molecule has 2 atom stereocenters. The number of carbonyl (C=O) groups is 1. The van der Waals surface area contributed by atoms with Gasteiger partial charge in [0, 0.05) is 32.2 Å². The molecule has 0 unspecified atom stereocenters. The molecule has 8 heteroatoms. The molecule has 0 saturated carbocycles. The number of halogens is 1. The molecule has 0 aromatic heterocycles. The molecule has 2 aliphatic rings. The van der Waals surface area contributed by atoms with E-state index in [1.807, 2.05) is 31.2 Å². The first kappa shape index (κ1) is 18.5. The number of sulfone groups is 1. The molecule has 0 aliphatic carbocycles. The van der Waals surface area contributed by atoms with Gasteiger partial charge >= 0.3 is 0 Å². The normalized spacial score (nSPS) is 24.9. The Bertz CT molecular complexity index is 732. The van der Waals surface area contributed by atoms with Crippen molar-refractivity contribution in [3.05, 3.63) is 29.3 Å². The number of carbonyl (C=O) groups excluding carboxylic acids is 1. The number of piperazine rings is 1. The summed E-state index contributed by atoms with van der Waals surface area (Å²) in [5.41, 5.74) is 1.03. The summed E-state index contributed by atoms with van der Waals surface area (Å²) in [5.74, 6) is 0.141. The number of hydrogen-bond acceptors (Lipinski definition) is 5. The van der Waals surface area contributed by atoms with Crippen molar-refractivity contribution in [3.63, 3.8) is 0 Å². The van der Waals surface area contributed by atoms with Crippen LogP contribution in [0.3, 0.4) is 0 Å². The van der Waals surface area contributed by atoms with Crippen LogP contribution in [0.5, 0.6) is 0 Å². The Labute approximate surface area is 154 Å². The van der Waals surface area contributed by atoms with Crippen molar-refractivity contribution >= 4 is 33.0 Å². The summed E-state index contributed by atoms with van der Waals surface area (Å²) < 4.78 is 23.0. The van der Waals surface area contributed by atoms with Crippen LogP contribution in [-0.4, -0.2) is 69.0 Å². The summed E-state index contributed by atoms with van der Waals surface area (Å²) in [6.07, 6.45) is 0.515. The van der Waals surface area contributed by atoms with Gasteiger partial charge in [-0.05, 0) is 25.5 Å². The van der Waals surface area contributed by atoms with Gasteiger partial charge in [0.15, 0.2) is 9.84 Å². The lowest BCUT2D eigenvalue weighted by atomic mass is 10.1. The van der Waals surface area contributed by atoms with Gasteiger partial charge in [-0.15, -0.1) is 0 Å². The molecule has 0 spiro atoms. The second kappa shape index (κ2) is 7.51. The number of benzene rings is 1. The summed E-state index contributed by atoms with van der Waals surface area (Å²) >= 11 is 6.26. The predicted molar refractivity (Wildman–Crippen MR) is 99.9 cm³/mol. The van der Waals surface area contributed by atoms with Crippen LogP contribution < -0.4 is 10.2 Å². The van der Waals surface area contributed by atoms with E-state index in [0.29, 0.717) is 6.42 Å². The fourth-order valence-electron chi connectivity index (χ4n) is 3.45. The quantitative estimate of drug-likeness (QED) is 0.842. The lowest BCUT2D eigenvalue weighted by Gasteiger charge is -2.39. The smallest absolute Gasteiger partial charge is 0.237 e. The second-order valence-corrected chi connectivity index (χ2v) is 9.39. The molecule has 3 rings (SSSR count). The Morgan fingerprint density at radius 3 is 2.52 bits per heavy atom. The minimum absolute atomic E-state index is 0.0613. The van der Waals surface area contributed by atoms with E-state index in [4.69, 9.17) is 11.6 Å². The van der Waals surface area contributed by atoms with Crippen molar-refractivity contribution in [2.24, 2.45) is 0 Å². The van der Waals surface area contributed by atoms with Crippen LogP contribution in [0.25, 0.3) is 0 Å². The van der Waals surface area contributed by atoms with E-state index >= 15 is 0 Å². The molecule has 2 fully saturated rings. The molecule has 1 amide bonds. The number of rotatable bonds is 4. The van der Waals surface area contributed by atoms with Gasteiger partial charge in [-0.3, -0.25) is 9.69 Å². The van der Waals surface area contributed by atoms with Crippen LogP contribution in [0.4, 0.5) is 5.69 Å². The highest BCUT2D eigenvalue weighted by atomic mass is 35.5. The van der Waals surface area contributed by atoms with Gasteiger partial charge in [-0.2, -0.15) is 0 Å². The molecule has 1 aromatic carbocycles. The molecule has 2 aliphatic heterocycles. The van der Waals surface area contributed by atoms with Crippen molar-refractivity contribution in [1.29, 1.82) is 0 Å². The summed E-state index contributed by atoms with van der Waals surface area (Å²) in [4.78, 5) is 16.8. The van der Waals surface area contributed by atoms with Gasteiger partial charge in [0.1, 0.15) is 0 Å². The topological polar surface area (TPSA) is 69.7 Å². The fraction of sp³-hybridized carbons (Fsp3) is 0.588. The van der Waals surface area contributed by atoms with E-state index in [2.05, 4.69) is 15.1 Å². The number of nitrogens with zero attached hydrogens (tertiary/aromatic N) is 2. The average Bonchev–Trinajstić information content (AvgIpc) is 2.93. The third kappa shape index (κ3) is 4.46. The summed E-state index contributed by atoms with van der Waals surface area (Å²) in [5, 5.41) is 3.63. The van der Waals surface area contributed by atoms with Crippen LogP contribution in [0.2, 0.25) is 5.02 Å². The standard InChI is InChI=1S/C17H24ClN3O3S/c1-13(17(22)19-14-6-11-25(23,24)12-14)20-7-9-21(10-8-20)16-5-3-2-4-15(16)18/h2-5,13-14H,6-12H2,1H3,(H,19,22)/t13-,14+/m1/s1. The maximum Gasteiger partial charge on any atom is 0.237 e. The van der Waals surface area contributed by atoms with Crippen LogP contribution in [0.1, 0.15) is 13.3 Å². The molecule has 2 saturated heterocycles. The van der Waals surface area contributed by atoms with E-state index in [0.717, 1.165) is 36.9 Å². The molecule has 25 heavy (non-hydrogen) atoms. The first-order chi connectivity index (χ1) is 11.9. The zero-order valence-corrected chi connectivity index (χ0v) is 15.9. The van der Waals surface area contributed by atoms with Crippen LogP contribution in [-0.2, 0) is 14.6 Å². The zero-order chi connectivity index (χ0) is 18.0. The monoisotopic (exact) mass is 385 g/mol. The molecule has 0 radical (unpaired) electrons. The van der Waals surface area contributed by atoms with Gasteiger partial charge in [0.2, 0.25) is 5.91 Å². The highest BCUT2D eigenvalue weighted by molar-refractivity contribution is 7.91. The van der Waals surface area contributed by atoms with Crippen molar-refractivity contribution in [3.8, 4) is 0 Å². The first-order valence-corrected chi connectivity index (χ1v) is 10.8. The lowest BCUT2D eigenvalue weighted by Crippen LogP contribution is -2.55. The summed E-state index contributed by atoms with van der Waals surface area (Å²) in [6.45, 7) is 5.02. The van der Waals surface area contributed by atoms with Gasteiger partial charge in [-0.1, -0.05) is 23.7 Å².